The van der Waals surface area contributed by atoms with Crippen LogP contribution in [0.15, 0.2) is 36.7 Å². The van der Waals surface area contributed by atoms with Crippen LogP contribution >= 0.6 is 11.6 Å². The van der Waals surface area contributed by atoms with Crippen molar-refractivity contribution in [3.05, 3.63) is 53.2 Å². The molecule has 12 heteroatoms. The SMILES string of the molecule is Cc1nc2ccc(Nc3ncc(Cl)c(NC4CCN(c5ccc(C#N)nn5)CC4)n3)cn2n1. The zero-order valence-electron chi connectivity index (χ0n) is 17.8. The predicted octanol–water partition coefficient (Wildman–Crippen LogP) is 2.97. The molecule has 5 rings (SSSR count). The highest BCUT2D eigenvalue weighted by Gasteiger charge is 2.22. The number of piperidine rings is 1. The van der Waals surface area contributed by atoms with Crippen LogP contribution in [0.1, 0.15) is 24.4 Å². The molecule has 4 aromatic rings. The van der Waals surface area contributed by atoms with Crippen molar-refractivity contribution in [2.45, 2.75) is 25.8 Å². The van der Waals surface area contributed by atoms with Crippen LogP contribution in [0.4, 0.5) is 23.3 Å². The number of rotatable bonds is 5. The Morgan fingerprint density at radius 1 is 1.12 bits per heavy atom. The van der Waals surface area contributed by atoms with Gasteiger partial charge in [0.1, 0.15) is 16.9 Å². The number of hydrogen-bond donors (Lipinski definition) is 2. The average molecular weight is 462 g/mol. The minimum Gasteiger partial charge on any atom is -0.366 e. The molecule has 0 spiro atoms. The topological polar surface area (TPSA) is 133 Å². The van der Waals surface area contributed by atoms with E-state index < -0.39 is 0 Å². The third-order valence-corrected chi connectivity index (χ3v) is 5.64. The van der Waals surface area contributed by atoms with E-state index in [4.69, 9.17) is 16.9 Å². The molecule has 1 aliphatic rings. The number of aryl methyl sites for hydroxylation is 1. The monoisotopic (exact) mass is 461 g/mol. The van der Waals surface area contributed by atoms with E-state index in [9.17, 15) is 0 Å². The van der Waals surface area contributed by atoms with E-state index in [0.717, 1.165) is 43.1 Å². The fourth-order valence-corrected chi connectivity index (χ4v) is 3.87. The zero-order chi connectivity index (χ0) is 22.8. The molecule has 0 amide bonds. The molecule has 0 radical (unpaired) electrons. The minimum absolute atomic E-state index is 0.210. The van der Waals surface area contributed by atoms with Crippen LogP contribution in [0.5, 0.6) is 0 Å². The van der Waals surface area contributed by atoms with Gasteiger partial charge in [0, 0.05) is 19.1 Å². The summed E-state index contributed by atoms with van der Waals surface area (Å²) in [7, 11) is 0. The Balaban J connectivity index is 1.23. The number of hydrogen-bond acceptors (Lipinski definition) is 10. The van der Waals surface area contributed by atoms with E-state index in [1.807, 2.05) is 37.4 Å². The lowest BCUT2D eigenvalue weighted by Gasteiger charge is -2.33. The third kappa shape index (κ3) is 4.61. The first-order valence-corrected chi connectivity index (χ1v) is 10.8. The first-order chi connectivity index (χ1) is 16.1. The van der Waals surface area contributed by atoms with Crippen LogP contribution in [-0.4, -0.2) is 53.9 Å². The van der Waals surface area contributed by atoms with Crippen molar-refractivity contribution in [1.29, 1.82) is 5.26 Å². The molecule has 1 fully saturated rings. The van der Waals surface area contributed by atoms with Crippen LogP contribution < -0.4 is 15.5 Å². The molecule has 0 aliphatic carbocycles. The van der Waals surface area contributed by atoms with Crippen LogP contribution in [-0.2, 0) is 0 Å². The summed E-state index contributed by atoms with van der Waals surface area (Å²) in [6.45, 7) is 3.47. The summed E-state index contributed by atoms with van der Waals surface area (Å²) in [5, 5.41) is 28.4. The molecular formula is C21H20ClN11. The molecule has 0 saturated carbocycles. The van der Waals surface area contributed by atoms with Gasteiger partial charge in [0.25, 0.3) is 0 Å². The van der Waals surface area contributed by atoms with Crippen molar-refractivity contribution in [3.63, 3.8) is 0 Å². The molecule has 0 bridgehead atoms. The maximum absolute atomic E-state index is 8.87. The Bertz CT molecular complexity index is 1320. The number of nitrogens with one attached hydrogen (secondary N) is 2. The van der Waals surface area contributed by atoms with Gasteiger partial charge in [-0.15, -0.1) is 10.2 Å². The fraction of sp³-hybridized carbons (Fsp3) is 0.286. The van der Waals surface area contributed by atoms with Crippen LogP contribution in [0.25, 0.3) is 5.65 Å². The van der Waals surface area contributed by atoms with Crippen LogP contribution in [0.3, 0.4) is 0 Å². The highest BCUT2D eigenvalue weighted by molar-refractivity contribution is 6.32. The molecule has 166 valence electrons. The molecule has 1 aliphatic heterocycles. The van der Waals surface area contributed by atoms with Crippen molar-refractivity contribution in [3.8, 4) is 6.07 Å². The van der Waals surface area contributed by atoms with E-state index in [1.54, 1.807) is 16.8 Å². The summed E-state index contributed by atoms with van der Waals surface area (Å²) >= 11 is 6.36. The van der Waals surface area contributed by atoms with E-state index in [0.29, 0.717) is 28.3 Å². The molecule has 4 aromatic heterocycles. The summed E-state index contributed by atoms with van der Waals surface area (Å²) in [5.41, 5.74) is 1.88. The van der Waals surface area contributed by atoms with Gasteiger partial charge in [0.15, 0.2) is 23.0 Å². The summed E-state index contributed by atoms with van der Waals surface area (Å²) in [5.74, 6) is 2.50. The molecule has 2 N–H and O–H groups in total. The predicted molar refractivity (Wildman–Crippen MR) is 124 cm³/mol. The van der Waals surface area contributed by atoms with Gasteiger partial charge in [0.2, 0.25) is 5.95 Å². The Kier molecular flexibility index (Phi) is 5.58. The lowest BCUT2D eigenvalue weighted by molar-refractivity contribution is 0.521. The largest absolute Gasteiger partial charge is 0.366 e. The maximum atomic E-state index is 8.87. The second kappa shape index (κ2) is 8.84. The quantitative estimate of drug-likeness (QED) is 0.456. The first-order valence-electron chi connectivity index (χ1n) is 10.5. The molecule has 11 nitrogen and oxygen atoms in total. The number of nitriles is 1. The highest BCUT2D eigenvalue weighted by atomic mass is 35.5. The third-order valence-electron chi connectivity index (χ3n) is 5.36. The second-order valence-corrected chi connectivity index (χ2v) is 8.10. The lowest BCUT2D eigenvalue weighted by atomic mass is 10.1. The Labute approximate surface area is 194 Å². The average Bonchev–Trinajstić information content (AvgIpc) is 3.21. The van der Waals surface area contributed by atoms with Crippen molar-refractivity contribution in [2.75, 3.05) is 28.6 Å². The van der Waals surface area contributed by atoms with Crippen LogP contribution in [0, 0.1) is 18.3 Å². The van der Waals surface area contributed by atoms with Crippen molar-refractivity contribution in [2.24, 2.45) is 0 Å². The van der Waals surface area contributed by atoms with Gasteiger partial charge in [0.05, 0.1) is 18.1 Å². The normalized spacial score (nSPS) is 14.3. The lowest BCUT2D eigenvalue weighted by Crippen LogP contribution is -2.39. The Morgan fingerprint density at radius 2 is 1.97 bits per heavy atom. The number of fused-ring (bicyclic) bond motifs is 1. The van der Waals surface area contributed by atoms with Gasteiger partial charge in [-0.3, -0.25) is 0 Å². The molecule has 1 saturated heterocycles. The van der Waals surface area contributed by atoms with Gasteiger partial charge >= 0.3 is 0 Å². The number of nitrogens with zero attached hydrogens (tertiary/aromatic N) is 9. The summed E-state index contributed by atoms with van der Waals surface area (Å²) in [6, 6.07) is 9.49. The number of anilines is 4. The first kappa shape index (κ1) is 20.8. The smallest absolute Gasteiger partial charge is 0.229 e. The zero-order valence-corrected chi connectivity index (χ0v) is 18.5. The maximum Gasteiger partial charge on any atom is 0.229 e. The van der Waals surface area contributed by atoms with Crippen molar-refractivity contribution < 1.29 is 0 Å². The van der Waals surface area contributed by atoms with Gasteiger partial charge in [-0.25, -0.2) is 14.5 Å². The van der Waals surface area contributed by atoms with Gasteiger partial charge in [-0.2, -0.15) is 15.3 Å². The summed E-state index contributed by atoms with van der Waals surface area (Å²) < 4.78 is 1.71. The summed E-state index contributed by atoms with van der Waals surface area (Å²) in [4.78, 5) is 15.3. The Morgan fingerprint density at radius 3 is 2.73 bits per heavy atom. The van der Waals surface area contributed by atoms with Gasteiger partial charge in [-0.05, 0) is 44.0 Å². The molecular weight excluding hydrogens is 442 g/mol. The molecule has 5 heterocycles. The van der Waals surface area contributed by atoms with Crippen LogP contribution in [0.2, 0.25) is 5.02 Å². The highest BCUT2D eigenvalue weighted by Crippen LogP contribution is 2.25. The van der Waals surface area contributed by atoms with Crippen molar-refractivity contribution in [1.82, 2.24) is 34.8 Å². The van der Waals surface area contributed by atoms with Gasteiger partial charge in [-0.1, -0.05) is 11.6 Å². The molecule has 0 aromatic carbocycles. The fourth-order valence-electron chi connectivity index (χ4n) is 3.73. The number of pyridine rings is 1. The molecule has 0 unspecified atom stereocenters. The van der Waals surface area contributed by atoms with E-state index in [1.165, 1.54) is 0 Å². The number of aromatic nitrogens is 7. The minimum atomic E-state index is 0.210. The van der Waals surface area contributed by atoms with E-state index in [2.05, 4.69) is 45.8 Å². The molecule has 0 atom stereocenters. The Hall–Kier alpha value is -4.04. The summed E-state index contributed by atoms with van der Waals surface area (Å²) in [6.07, 6.45) is 5.18. The standard InChI is InChI=1S/C21H20ClN11/c1-13-25-18-4-3-16(12-33(18)31-13)27-21-24-11-17(22)20(28-21)26-14-6-8-32(9-7-14)19-5-2-15(10-23)29-30-19/h2-5,11-12,14H,6-9H2,1H3,(H2,24,26,27,28). The second-order valence-electron chi connectivity index (χ2n) is 7.69. The van der Waals surface area contributed by atoms with Crippen molar-refractivity contribution >= 4 is 40.5 Å². The number of halogens is 1. The van der Waals surface area contributed by atoms with Gasteiger partial charge < -0.3 is 15.5 Å². The van der Waals surface area contributed by atoms with E-state index >= 15 is 0 Å². The molecule has 33 heavy (non-hydrogen) atoms. The van der Waals surface area contributed by atoms with E-state index in [-0.39, 0.29) is 6.04 Å².